The zero-order valence-corrected chi connectivity index (χ0v) is 8.72. The van der Waals surface area contributed by atoms with Crippen LogP contribution in [0.2, 0.25) is 0 Å². The number of rotatable bonds is 0. The van der Waals surface area contributed by atoms with Crippen LogP contribution in [0.3, 0.4) is 0 Å². The van der Waals surface area contributed by atoms with Crippen molar-refractivity contribution in [3.63, 3.8) is 0 Å². The Morgan fingerprint density at radius 3 is 2.93 bits per heavy atom. The summed E-state index contributed by atoms with van der Waals surface area (Å²) >= 11 is 0. The van der Waals surface area contributed by atoms with Crippen LogP contribution in [0.5, 0.6) is 0 Å². The van der Waals surface area contributed by atoms with Crippen LogP contribution in [0.4, 0.5) is 0 Å². The lowest BCUT2D eigenvalue weighted by Gasteiger charge is -2.21. The Hall–Kier alpha value is -1.04. The number of fused-ring (bicyclic) bond motifs is 3. The fraction of sp³-hybridized carbons (Fsp3) is 0.429. The lowest BCUT2D eigenvalue weighted by molar-refractivity contribution is 0.676. The second kappa shape index (κ2) is 2.98. The maximum absolute atomic E-state index is 2.34. The minimum atomic E-state index is 0.651. The van der Waals surface area contributed by atoms with E-state index in [2.05, 4.69) is 31.2 Å². The Bertz CT molecular complexity index is 399. The van der Waals surface area contributed by atoms with Crippen LogP contribution in [0.15, 0.2) is 18.2 Å². The molecule has 3 rings (SSSR count). The molecule has 0 saturated heterocycles. The van der Waals surface area contributed by atoms with Crippen molar-refractivity contribution in [2.24, 2.45) is 0 Å². The first-order chi connectivity index (χ1) is 6.86. The average molecular weight is 184 g/mol. The van der Waals surface area contributed by atoms with Crippen LogP contribution < -0.4 is 0 Å². The summed E-state index contributed by atoms with van der Waals surface area (Å²) in [6.07, 6.45) is 10.00. The van der Waals surface area contributed by atoms with Gasteiger partial charge in [-0.05, 0) is 47.9 Å². The van der Waals surface area contributed by atoms with Crippen LogP contribution in [0.25, 0.3) is 6.08 Å². The monoisotopic (exact) mass is 184 g/mol. The van der Waals surface area contributed by atoms with E-state index in [4.69, 9.17) is 0 Å². The van der Waals surface area contributed by atoms with Gasteiger partial charge >= 0.3 is 0 Å². The molecule has 0 spiro atoms. The van der Waals surface area contributed by atoms with Gasteiger partial charge in [-0.1, -0.05) is 31.2 Å². The molecule has 0 heteroatoms. The van der Waals surface area contributed by atoms with Crippen molar-refractivity contribution in [3.05, 3.63) is 40.5 Å². The van der Waals surface area contributed by atoms with E-state index in [-0.39, 0.29) is 0 Å². The van der Waals surface area contributed by atoms with Crippen LogP contribution in [0.1, 0.15) is 47.9 Å². The molecule has 1 unspecified atom stereocenters. The van der Waals surface area contributed by atoms with Crippen LogP contribution in [-0.2, 0) is 12.8 Å². The summed E-state index contributed by atoms with van der Waals surface area (Å²) in [6, 6.07) is 4.65. The van der Waals surface area contributed by atoms with Gasteiger partial charge in [-0.2, -0.15) is 0 Å². The first-order valence-electron chi connectivity index (χ1n) is 5.69. The molecule has 0 nitrogen and oxygen atoms in total. The van der Waals surface area contributed by atoms with E-state index in [1.807, 2.05) is 0 Å². The predicted molar refractivity (Wildman–Crippen MR) is 60.5 cm³/mol. The third-order valence-corrected chi connectivity index (χ3v) is 3.63. The summed E-state index contributed by atoms with van der Waals surface area (Å²) in [6.45, 7) is 2.32. The molecular weight excluding hydrogens is 168 g/mol. The first kappa shape index (κ1) is 8.28. The molecule has 2 aliphatic rings. The highest BCUT2D eigenvalue weighted by molar-refractivity contribution is 5.65. The van der Waals surface area contributed by atoms with Crippen LogP contribution in [-0.4, -0.2) is 0 Å². The standard InChI is InChI=1S/C14H16/c1-10-6-7-12-9-8-11-4-2-3-5-13(11)14(10)12/h6-10H,2-5H2,1H3. The summed E-state index contributed by atoms with van der Waals surface area (Å²) in [5, 5.41) is 0. The lowest BCUT2D eigenvalue weighted by atomic mass is 9.84. The lowest BCUT2D eigenvalue weighted by Crippen LogP contribution is -2.07. The number of hydrogen-bond donors (Lipinski definition) is 0. The van der Waals surface area contributed by atoms with Gasteiger partial charge in [0.25, 0.3) is 0 Å². The van der Waals surface area contributed by atoms with Crippen LogP contribution in [0, 0.1) is 0 Å². The molecule has 0 radical (unpaired) electrons. The van der Waals surface area contributed by atoms with E-state index in [0.29, 0.717) is 5.92 Å². The van der Waals surface area contributed by atoms with E-state index in [9.17, 15) is 0 Å². The van der Waals surface area contributed by atoms with Gasteiger partial charge in [0.2, 0.25) is 0 Å². The van der Waals surface area contributed by atoms with Gasteiger partial charge < -0.3 is 0 Å². The molecule has 0 fully saturated rings. The Balaban J connectivity index is 2.20. The molecule has 72 valence electrons. The van der Waals surface area contributed by atoms with E-state index in [1.54, 1.807) is 16.7 Å². The van der Waals surface area contributed by atoms with Gasteiger partial charge in [-0.25, -0.2) is 0 Å². The molecule has 1 atom stereocenters. The smallest absolute Gasteiger partial charge is 0.000166 e. The molecule has 1 aromatic carbocycles. The molecule has 1 aromatic rings. The molecule has 0 saturated carbocycles. The Labute approximate surface area is 85.6 Å². The van der Waals surface area contributed by atoms with Gasteiger partial charge in [0.1, 0.15) is 0 Å². The average Bonchev–Trinajstić information content (AvgIpc) is 2.61. The Kier molecular flexibility index (Phi) is 1.76. The van der Waals surface area contributed by atoms with Crippen molar-refractivity contribution in [1.82, 2.24) is 0 Å². The third-order valence-electron chi connectivity index (χ3n) is 3.63. The molecule has 0 aromatic heterocycles. The van der Waals surface area contributed by atoms with Gasteiger partial charge in [-0.15, -0.1) is 0 Å². The fourth-order valence-corrected chi connectivity index (χ4v) is 2.90. The highest BCUT2D eigenvalue weighted by Gasteiger charge is 2.21. The van der Waals surface area contributed by atoms with Gasteiger partial charge in [0.05, 0.1) is 0 Å². The van der Waals surface area contributed by atoms with E-state index < -0.39 is 0 Å². The second-order valence-corrected chi connectivity index (χ2v) is 4.56. The first-order valence-corrected chi connectivity index (χ1v) is 5.69. The minimum Gasteiger partial charge on any atom is -0.0766 e. The minimum absolute atomic E-state index is 0.651. The van der Waals surface area contributed by atoms with Crippen molar-refractivity contribution < 1.29 is 0 Å². The number of benzene rings is 1. The van der Waals surface area contributed by atoms with Gasteiger partial charge in [0, 0.05) is 5.92 Å². The van der Waals surface area contributed by atoms with E-state index in [0.717, 1.165) is 0 Å². The molecule has 0 N–H and O–H groups in total. The number of hydrogen-bond acceptors (Lipinski definition) is 0. The summed E-state index contributed by atoms with van der Waals surface area (Å²) in [7, 11) is 0. The molecule has 14 heavy (non-hydrogen) atoms. The largest absolute Gasteiger partial charge is 0.0766 e. The molecule has 0 amide bonds. The topological polar surface area (TPSA) is 0 Å². The SMILES string of the molecule is CC1C=Cc2ccc3c(c21)CCCC3. The highest BCUT2D eigenvalue weighted by atomic mass is 14.3. The molecule has 0 aliphatic heterocycles. The molecule has 0 bridgehead atoms. The Morgan fingerprint density at radius 1 is 1.14 bits per heavy atom. The molecule has 2 aliphatic carbocycles. The third kappa shape index (κ3) is 1.06. The second-order valence-electron chi connectivity index (χ2n) is 4.56. The quantitative estimate of drug-likeness (QED) is 0.576. The zero-order chi connectivity index (χ0) is 9.54. The maximum atomic E-state index is 2.34. The number of allylic oxidation sites excluding steroid dienone is 1. The van der Waals surface area contributed by atoms with E-state index in [1.165, 1.54) is 31.2 Å². The summed E-state index contributed by atoms with van der Waals surface area (Å²) in [5.74, 6) is 0.651. The highest BCUT2D eigenvalue weighted by Crippen LogP contribution is 2.37. The fourth-order valence-electron chi connectivity index (χ4n) is 2.90. The van der Waals surface area contributed by atoms with Crippen molar-refractivity contribution in [1.29, 1.82) is 0 Å². The summed E-state index contributed by atoms with van der Waals surface area (Å²) in [4.78, 5) is 0. The molecule has 0 heterocycles. The summed E-state index contributed by atoms with van der Waals surface area (Å²) in [5.41, 5.74) is 6.39. The van der Waals surface area contributed by atoms with E-state index >= 15 is 0 Å². The normalized spacial score (nSPS) is 23.4. The summed E-state index contributed by atoms with van der Waals surface area (Å²) < 4.78 is 0. The van der Waals surface area contributed by atoms with Gasteiger partial charge in [-0.3, -0.25) is 0 Å². The maximum Gasteiger partial charge on any atom is 0.000166 e. The zero-order valence-electron chi connectivity index (χ0n) is 8.72. The van der Waals surface area contributed by atoms with Crippen molar-refractivity contribution >= 4 is 6.08 Å². The molecular formula is C14H16. The van der Waals surface area contributed by atoms with Crippen molar-refractivity contribution in [2.45, 2.75) is 38.5 Å². The Morgan fingerprint density at radius 2 is 2.00 bits per heavy atom. The van der Waals surface area contributed by atoms with Gasteiger partial charge in [0.15, 0.2) is 0 Å². The van der Waals surface area contributed by atoms with Crippen molar-refractivity contribution in [3.8, 4) is 0 Å². The van der Waals surface area contributed by atoms with Crippen LogP contribution >= 0.6 is 0 Å². The van der Waals surface area contributed by atoms with Crippen molar-refractivity contribution in [2.75, 3.05) is 0 Å². The number of aryl methyl sites for hydroxylation is 1. The predicted octanol–water partition coefficient (Wildman–Crippen LogP) is 3.70.